The van der Waals surface area contributed by atoms with Crippen LogP contribution in [0, 0.1) is 5.82 Å². The molecule has 6 nitrogen and oxygen atoms in total. The van der Waals surface area contributed by atoms with Crippen molar-refractivity contribution in [1.29, 1.82) is 0 Å². The first-order valence-electron chi connectivity index (χ1n) is 6.05. The molecule has 1 rings (SSSR count). The predicted octanol–water partition coefficient (Wildman–Crippen LogP) is 1.09. The van der Waals surface area contributed by atoms with Gasteiger partial charge < -0.3 is 15.7 Å². The summed E-state index contributed by atoms with van der Waals surface area (Å²) in [6.07, 6.45) is 0. The van der Waals surface area contributed by atoms with Crippen molar-refractivity contribution < 1.29 is 23.9 Å². The molecular formula is C13H15FN2O4S. The van der Waals surface area contributed by atoms with Crippen LogP contribution in [0.1, 0.15) is 6.92 Å². The van der Waals surface area contributed by atoms with E-state index in [-0.39, 0.29) is 11.7 Å². The molecule has 0 heterocycles. The van der Waals surface area contributed by atoms with E-state index in [4.69, 9.17) is 5.11 Å². The topological polar surface area (TPSA) is 95.5 Å². The second kappa shape index (κ2) is 8.25. The van der Waals surface area contributed by atoms with Gasteiger partial charge in [-0.25, -0.2) is 4.39 Å². The SMILES string of the molecule is CC(SCC(=O)Nc1ccc(F)cc1)C(=O)NCC(=O)O. The summed E-state index contributed by atoms with van der Waals surface area (Å²) in [4.78, 5) is 33.4. The van der Waals surface area contributed by atoms with Crippen molar-refractivity contribution in [3.63, 3.8) is 0 Å². The van der Waals surface area contributed by atoms with Gasteiger partial charge in [-0.2, -0.15) is 0 Å². The number of carbonyl (C=O) groups excluding carboxylic acids is 2. The summed E-state index contributed by atoms with van der Waals surface area (Å²) in [7, 11) is 0. The molecule has 8 heteroatoms. The Morgan fingerprint density at radius 3 is 2.48 bits per heavy atom. The highest BCUT2D eigenvalue weighted by atomic mass is 32.2. The molecular weight excluding hydrogens is 299 g/mol. The minimum atomic E-state index is -1.13. The molecule has 3 N–H and O–H groups in total. The highest BCUT2D eigenvalue weighted by Gasteiger charge is 2.15. The van der Waals surface area contributed by atoms with Gasteiger partial charge in [0, 0.05) is 5.69 Å². The average molecular weight is 314 g/mol. The van der Waals surface area contributed by atoms with Crippen molar-refractivity contribution in [2.75, 3.05) is 17.6 Å². The molecule has 1 aromatic carbocycles. The molecule has 1 aromatic rings. The number of hydrogen-bond donors (Lipinski definition) is 3. The molecule has 0 aliphatic rings. The summed E-state index contributed by atoms with van der Waals surface area (Å²) in [6.45, 7) is 1.12. The van der Waals surface area contributed by atoms with Crippen LogP contribution in [-0.2, 0) is 14.4 Å². The van der Waals surface area contributed by atoms with Gasteiger partial charge in [0.1, 0.15) is 12.4 Å². The van der Waals surface area contributed by atoms with Crippen LogP contribution in [0.5, 0.6) is 0 Å². The van der Waals surface area contributed by atoms with Gasteiger partial charge in [0.05, 0.1) is 11.0 Å². The normalized spacial score (nSPS) is 11.5. The Balaban J connectivity index is 2.33. The summed E-state index contributed by atoms with van der Waals surface area (Å²) in [6, 6.07) is 5.32. The van der Waals surface area contributed by atoms with Gasteiger partial charge >= 0.3 is 5.97 Å². The second-order valence-corrected chi connectivity index (χ2v) is 5.45. The fourth-order valence-electron chi connectivity index (χ4n) is 1.31. The molecule has 0 saturated heterocycles. The zero-order chi connectivity index (χ0) is 15.8. The Labute approximate surface area is 125 Å². The molecule has 0 aliphatic heterocycles. The van der Waals surface area contributed by atoms with Crippen LogP contribution >= 0.6 is 11.8 Å². The van der Waals surface area contributed by atoms with Crippen molar-refractivity contribution in [1.82, 2.24) is 5.32 Å². The summed E-state index contributed by atoms with van der Waals surface area (Å²) in [5.74, 6) is -2.28. The zero-order valence-corrected chi connectivity index (χ0v) is 12.1. The number of carboxylic acids is 1. The van der Waals surface area contributed by atoms with Crippen LogP contribution in [0.4, 0.5) is 10.1 Å². The van der Waals surface area contributed by atoms with Gasteiger partial charge in [0.2, 0.25) is 11.8 Å². The highest BCUT2D eigenvalue weighted by molar-refractivity contribution is 8.01. The minimum Gasteiger partial charge on any atom is -0.480 e. The van der Waals surface area contributed by atoms with Crippen LogP contribution in [0.3, 0.4) is 0 Å². The minimum absolute atomic E-state index is 0.0268. The lowest BCUT2D eigenvalue weighted by Gasteiger charge is -2.11. The van der Waals surface area contributed by atoms with Crippen molar-refractivity contribution in [3.05, 3.63) is 30.1 Å². The molecule has 0 saturated carbocycles. The summed E-state index contributed by atoms with van der Waals surface area (Å²) < 4.78 is 12.7. The number of benzene rings is 1. The number of anilines is 1. The number of thioether (sulfide) groups is 1. The first-order chi connectivity index (χ1) is 9.88. The maximum atomic E-state index is 12.7. The van der Waals surface area contributed by atoms with Gasteiger partial charge in [0.25, 0.3) is 0 Å². The quantitative estimate of drug-likeness (QED) is 0.700. The highest BCUT2D eigenvalue weighted by Crippen LogP contribution is 2.13. The monoisotopic (exact) mass is 314 g/mol. The number of halogens is 1. The summed E-state index contributed by atoms with van der Waals surface area (Å²) in [5.41, 5.74) is 0.463. The standard InChI is InChI=1S/C13H15FN2O4S/c1-8(13(20)15-6-12(18)19)21-7-11(17)16-10-4-2-9(14)3-5-10/h2-5,8H,6-7H2,1H3,(H,15,20)(H,16,17)(H,18,19). The van der Waals surface area contributed by atoms with E-state index in [1.165, 1.54) is 24.3 Å². The van der Waals surface area contributed by atoms with Gasteiger partial charge in [-0.15, -0.1) is 11.8 Å². The van der Waals surface area contributed by atoms with Crippen molar-refractivity contribution in [2.24, 2.45) is 0 Å². The molecule has 0 spiro atoms. The second-order valence-electron chi connectivity index (χ2n) is 4.12. The summed E-state index contributed by atoms with van der Waals surface area (Å²) in [5, 5.41) is 12.7. The van der Waals surface area contributed by atoms with Crippen LogP contribution < -0.4 is 10.6 Å². The Morgan fingerprint density at radius 2 is 1.90 bits per heavy atom. The van der Waals surface area contributed by atoms with Gasteiger partial charge in [-0.1, -0.05) is 0 Å². The lowest BCUT2D eigenvalue weighted by Crippen LogP contribution is -2.35. The molecule has 2 amide bonds. The van der Waals surface area contributed by atoms with Crippen molar-refractivity contribution >= 4 is 35.2 Å². The number of hydrogen-bond acceptors (Lipinski definition) is 4. The Morgan fingerprint density at radius 1 is 1.29 bits per heavy atom. The molecule has 0 aromatic heterocycles. The number of carbonyl (C=O) groups is 3. The van der Waals surface area contributed by atoms with E-state index >= 15 is 0 Å². The predicted molar refractivity (Wildman–Crippen MR) is 77.6 cm³/mol. The van der Waals surface area contributed by atoms with Crippen LogP contribution in [0.2, 0.25) is 0 Å². The third-order valence-electron chi connectivity index (χ3n) is 2.38. The number of amides is 2. The first kappa shape index (κ1) is 17.0. The Bertz CT molecular complexity index is 521. The number of carboxylic acid groups (broad SMARTS) is 1. The van der Waals surface area contributed by atoms with E-state index in [9.17, 15) is 18.8 Å². The lowest BCUT2D eigenvalue weighted by molar-refractivity contribution is -0.137. The number of aliphatic carboxylic acids is 1. The lowest BCUT2D eigenvalue weighted by atomic mass is 10.3. The molecule has 0 radical (unpaired) electrons. The maximum Gasteiger partial charge on any atom is 0.322 e. The average Bonchev–Trinajstić information content (AvgIpc) is 2.44. The molecule has 21 heavy (non-hydrogen) atoms. The molecule has 0 bridgehead atoms. The van der Waals surface area contributed by atoms with Crippen molar-refractivity contribution in [3.8, 4) is 0 Å². The van der Waals surface area contributed by atoms with E-state index in [2.05, 4.69) is 10.6 Å². The molecule has 1 unspecified atom stereocenters. The fourth-order valence-corrected chi connectivity index (χ4v) is 2.02. The Kier molecular flexibility index (Phi) is 6.67. The van der Waals surface area contributed by atoms with Crippen LogP contribution in [0.25, 0.3) is 0 Å². The van der Waals surface area contributed by atoms with Gasteiger partial charge in [0.15, 0.2) is 0 Å². The largest absolute Gasteiger partial charge is 0.480 e. The van der Waals surface area contributed by atoms with E-state index in [1.54, 1.807) is 6.92 Å². The molecule has 114 valence electrons. The van der Waals surface area contributed by atoms with Gasteiger partial charge in [-0.05, 0) is 31.2 Å². The molecule has 1 atom stereocenters. The first-order valence-corrected chi connectivity index (χ1v) is 7.10. The molecule has 0 aliphatic carbocycles. The van der Waals surface area contributed by atoms with E-state index < -0.39 is 29.5 Å². The van der Waals surface area contributed by atoms with Gasteiger partial charge in [-0.3, -0.25) is 14.4 Å². The smallest absolute Gasteiger partial charge is 0.322 e. The number of nitrogens with one attached hydrogen (secondary N) is 2. The van der Waals surface area contributed by atoms with Crippen LogP contribution in [-0.4, -0.2) is 40.4 Å². The van der Waals surface area contributed by atoms with Crippen LogP contribution in [0.15, 0.2) is 24.3 Å². The zero-order valence-electron chi connectivity index (χ0n) is 11.3. The fraction of sp³-hybridized carbons (Fsp3) is 0.308. The maximum absolute atomic E-state index is 12.7. The Hall–Kier alpha value is -2.09. The third-order valence-corrected chi connectivity index (χ3v) is 3.52. The summed E-state index contributed by atoms with van der Waals surface area (Å²) >= 11 is 1.08. The molecule has 0 fully saturated rings. The van der Waals surface area contributed by atoms with E-state index in [1.807, 2.05) is 0 Å². The number of rotatable bonds is 7. The van der Waals surface area contributed by atoms with E-state index in [0.29, 0.717) is 5.69 Å². The van der Waals surface area contributed by atoms with E-state index in [0.717, 1.165) is 11.8 Å². The van der Waals surface area contributed by atoms with Crippen molar-refractivity contribution in [2.45, 2.75) is 12.2 Å². The third kappa shape index (κ3) is 6.75.